The lowest BCUT2D eigenvalue weighted by Gasteiger charge is -2.03. The van der Waals surface area contributed by atoms with Gasteiger partial charge in [0.15, 0.2) is 0 Å². The van der Waals surface area contributed by atoms with Crippen molar-refractivity contribution in [3.63, 3.8) is 0 Å². The third kappa shape index (κ3) is 1.86. The van der Waals surface area contributed by atoms with Crippen LogP contribution in [-0.4, -0.2) is 9.38 Å². The summed E-state index contributed by atoms with van der Waals surface area (Å²) in [7, 11) is 0. The summed E-state index contributed by atoms with van der Waals surface area (Å²) in [6, 6.07) is 9.33. The van der Waals surface area contributed by atoms with E-state index in [9.17, 15) is 5.26 Å². The lowest BCUT2D eigenvalue weighted by molar-refractivity contribution is 1.19. The standard InChI is InChI=1S/C14H7Cl2N3/c15-10-3-5-19-12(6-10)11(7-17)13(16)14(19)9-2-1-4-18-8-9/h1-6,8H. The number of pyridine rings is 2. The molecule has 0 saturated heterocycles. The predicted molar refractivity (Wildman–Crippen MR) is 75.4 cm³/mol. The van der Waals surface area contributed by atoms with Crippen LogP contribution in [0.5, 0.6) is 0 Å². The van der Waals surface area contributed by atoms with E-state index in [-0.39, 0.29) is 0 Å². The van der Waals surface area contributed by atoms with Gasteiger partial charge in [0.1, 0.15) is 6.07 Å². The molecule has 3 aromatic rings. The van der Waals surface area contributed by atoms with Crippen molar-refractivity contribution in [3.8, 4) is 17.3 Å². The summed E-state index contributed by atoms with van der Waals surface area (Å²) in [6.45, 7) is 0. The van der Waals surface area contributed by atoms with Crippen LogP contribution in [0.15, 0.2) is 42.9 Å². The number of halogens is 2. The van der Waals surface area contributed by atoms with E-state index in [1.54, 1.807) is 30.7 Å². The Morgan fingerprint density at radius 1 is 1.26 bits per heavy atom. The summed E-state index contributed by atoms with van der Waals surface area (Å²) in [6.07, 6.45) is 5.20. The Bertz CT molecular complexity index is 801. The monoisotopic (exact) mass is 287 g/mol. The molecule has 0 radical (unpaired) electrons. The summed E-state index contributed by atoms with van der Waals surface area (Å²) in [5.74, 6) is 0. The fourth-order valence-electron chi connectivity index (χ4n) is 2.07. The Balaban J connectivity index is 2.44. The first kappa shape index (κ1) is 12.0. The highest BCUT2D eigenvalue weighted by Crippen LogP contribution is 2.35. The van der Waals surface area contributed by atoms with E-state index in [0.29, 0.717) is 21.1 Å². The van der Waals surface area contributed by atoms with Crippen LogP contribution in [-0.2, 0) is 0 Å². The predicted octanol–water partition coefficient (Wildman–Crippen LogP) is 4.18. The van der Waals surface area contributed by atoms with Crippen LogP contribution in [0.3, 0.4) is 0 Å². The van der Waals surface area contributed by atoms with Crippen LogP contribution in [0.2, 0.25) is 10.0 Å². The van der Waals surface area contributed by atoms with Crippen LogP contribution < -0.4 is 0 Å². The van der Waals surface area contributed by atoms with Crippen molar-refractivity contribution in [1.82, 2.24) is 9.38 Å². The van der Waals surface area contributed by atoms with E-state index in [2.05, 4.69) is 11.1 Å². The highest BCUT2D eigenvalue weighted by molar-refractivity contribution is 6.35. The van der Waals surface area contributed by atoms with E-state index in [4.69, 9.17) is 23.2 Å². The molecule has 0 aliphatic rings. The Kier molecular flexibility index (Phi) is 2.90. The second-order valence-electron chi connectivity index (χ2n) is 3.99. The van der Waals surface area contributed by atoms with Gasteiger partial charge in [0.05, 0.1) is 21.8 Å². The topological polar surface area (TPSA) is 41.1 Å². The Morgan fingerprint density at radius 2 is 2.11 bits per heavy atom. The summed E-state index contributed by atoms with van der Waals surface area (Å²) >= 11 is 12.3. The molecule has 3 rings (SSSR count). The normalized spacial score (nSPS) is 10.6. The molecular formula is C14H7Cl2N3. The maximum absolute atomic E-state index is 9.26. The Hall–Kier alpha value is -2.02. The first-order valence-corrected chi connectivity index (χ1v) is 6.27. The number of rotatable bonds is 1. The molecule has 0 spiro atoms. The minimum absolute atomic E-state index is 0.415. The van der Waals surface area contributed by atoms with Gasteiger partial charge in [0.25, 0.3) is 0 Å². The lowest BCUT2D eigenvalue weighted by Crippen LogP contribution is -1.88. The zero-order valence-electron chi connectivity index (χ0n) is 9.64. The number of hydrogen-bond acceptors (Lipinski definition) is 2. The van der Waals surface area contributed by atoms with Gasteiger partial charge in [-0.15, -0.1) is 0 Å². The molecule has 0 N–H and O–H groups in total. The molecule has 0 aliphatic carbocycles. The maximum atomic E-state index is 9.26. The number of nitriles is 1. The van der Waals surface area contributed by atoms with Gasteiger partial charge in [0.2, 0.25) is 0 Å². The van der Waals surface area contributed by atoms with Gasteiger partial charge in [-0.25, -0.2) is 0 Å². The Labute approximate surface area is 119 Å². The largest absolute Gasteiger partial charge is 0.314 e. The molecule has 0 aliphatic heterocycles. The van der Waals surface area contributed by atoms with Gasteiger partial charge in [-0.2, -0.15) is 5.26 Å². The van der Waals surface area contributed by atoms with Crippen LogP contribution >= 0.6 is 23.2 Å². The van der Waals surface area contributed by atoms with Gasteiger partial charge >= 0.3 is 0 Å². The second kappa shape index (κ2) is 4.58. The lowest BCUT2D eigenvalue weighted by atomic mass is 10.2. The number of nitrogens with zero attached hydrogens (tertiary/aromatic N) is 3. The molecule has 3 aromatic heterocycles. The third-order valence-corrected chi connectivity index (χ3v) is 3.49. The Morgan fingerprint density at radius 3 is 2.79 bits per heavy atom. The fourth-order valence-corrected chi connectivity index (χ4v) is 2.57. The third-order valence-electron chi connectivity index (χ3n) is 2.89. The number of fused-ring (bicyclic) bond motifs is 1. The van der Waals surface area contributed by atoms with Crippen molar-refractivity contribution in [2.24, 2.45) is 0 Å². The van der Waals surface area contributed by atoms with E-state index in [1.807, 2.05) is 16.5 Å². The zero-order chi connectivity index (χ0) is 13.4. The number of aromatic nitrogens is 2. The summed E-state index contributed by atoms with van der Waals surface area (Å²) in [5, 5.41) is 10.2. The molecule has 0 aromatic carbocycles. The van der Waals surface area contributed by atoms with Crippen LogP contribution in [0.4, 0.5) is 0 Å². The highest BCUT2D eigenvalue weighted by atomic mass is 35.5. The summed E-state index contributed by atoms with van der Waals surface area (Å²) < 4.78 is 1.85. The zero-order valence-corrected chi connectivity index (χ0v) is 11.2. The first-order valence-electron chi connectivity index (χ1n) is 5.52. The first-order chi connectivity index (χ1) is 9.22. The van der Waals surface area contributed by atoms with Gasteiger partial charge < -0.3 is 4.40 Å². The molecule has 19 heavy (non-hydrogen) atoms. The van der Waals surface area contributed by atoms with Gasteiger partial charge in [-0.1, -0.05) is 23.2 Å². The maximum Gasteiger partial charge on any atom is 0.103 e. The quantitative estimate of drug-likeness (QED) is 0.674. The molecule has 5 heteroatoms. The van der Waals surface area contributed by atoms with Crippen molar-refractivity contribution in [1.29, 1.82) is 5.26 Å². The summed E-state index contributed by atoms with van der Waals surface area (Å²) in [4.78, 5) is 4.08. The van der Waals surface area contributed by atoms with Crippen LogP contribution in [0.25, 0.3) is 16.8 Å². The average molecular weight is 288 g/mol. The van der Waals surface area contributed by atoms with Gasteiger partial charge in [-0.05, 0) is 24.3 Å². The van der Waals surface area contributed by atoms with E-state index in [1.165, 1.54) is 0 Å². The molecule has 3 nitrogen and oxygen atoms in total. The average Bonchev–Trinajstić information content (AvgIpc) is 2.70. The van der Waals surface area contributed by atoms with E-state index < -0.39 is 0 Å². The van der Waals surface area contributed by atoms with Crippen molar-refractivity contribution < 1.29 is 0 Å². The highest BCUT2D eigenvalue weighted by Gasteiger charge is 2.18. The SMILES string of the molecule is N#Cc1c(Cl)c(-c2cccnc2)n2ccc(Cl)cc12. The van der Waals surface area contributed by atoms with Crippen molar-refractivity contribution in [2.75, 3.05) is 0 Å². The van der Waals surface area contributed by atoms with Crippen molar-refractivity contribution >= 4 is 28.7 Å². The molecule has 0 unspecified atom stereocenters. The minimum Gasteiger partial charge on any atom is -0.314 e. The van der Waals surface area contributed by atoms with Crippen molar-refractivity contribution in [3.05, 3.63) is 58.5 Å². The van der Waals surface area contributed by atoms with E-state index in [0.717, 1.165) is 11.3 Å². The fraction of sp³-hybridized carbons (Fsp3) is 0. The van der Waals surface area contributed by atoms with Gasteiger partial charge in [-0.3, -0.25) is 4.98 Å². The molecule has 0 bridgehead atoms. The smallest absolute Gasteiger partial charge is 0.103 e. The molecule has 0 saturated carbocycles. The van der Waals surface area contributed by atoms with Crippen molar-refractivity contribution in [2.45, 2.75) is 0 Å². The van der Waals surface area contributed by atoms with Gasteiger partial charge in [0, 0.05) is 29.2 Å². The molecule has 3 heterocycles. The molecule has 0 atom stereocenters. The molecular weight excluding hydrogens is 281 g/mol. The second-order valence-corrected chi connectivity index (χ2v) is 4.81. The van der Waals surface area contributed by atoms with E-state index >= 15 is 0 Å². The number of hydrogen-bond donors (Lipinski definition) is 0. The minimum atomic E-state index is 0.415. The molecule has 0 amide bonds. The summed E-state index contributed by atoms with van der Waals surface area (Å²) in [5.41, 5.74) is 2.71. The van der Waals surface area contributed by atoms with Crippen LogP contribution in [0.1, 0.15) is 5.56 Å². The molecule has 0 fully saturated rings. The van der Waals surface area contributed by atoms with Crippen LogP contribution in [0, 0.1) is 11.3 Å². The molecule has 92 valence electrons.